The third-order valence-electron chi connectivity index (χ3n) is 5.20. The number of hydrogen-bond donors (Lipinski definition) is 4. The monoisotopic (exact) mass is 501 g/mol. The third kappa shape index (κ3) is 8.20. The van der Waals surface area contributed by atoms with Gasteiger partial charge in [-0.1, -0.05) is 36.4 Å². The molecule has 0 saturated heterocycles. The van der Waals surface area contributed by atoms with E-state index in [1.165, 1.54) is 11.0 Å². The van der Waals surface area contributed by atoms with Crippen LogP contribution in [0.15, 0.2) is 48.5 Å². The van der Waals surface area contributed by atoms with E-state index < -0.39 is 29.7 Å². The lowest BCUT2D eigenvalue weighted by atomic mass is 10.0. The molecule has 8 nitrogen and oxygen atoms in total. The average molecular weight is 502 g/mol. The van der Waals surface area contributed by atoms with Gasteiger partial charge >= 0.3 is 6.09 Å². The van der Waals surface area contributed by atoms with Gasteiger partial charge in [-0.2, -0.15) is 12.6 Å². The summed E-state index contributed by atoms with van der Waals surface area (Å²) in [6.45, 7) is 9.13. The second kappa shape index (κ2) is 12.5. The van der Waals surface area contributed by atoms with Gasteiger partial charge in [0.25, 0.3) is 0 Å². The van der Waals surface area contributed by atoms with Gasteiger partial charge < -0.3 is 25.4 Å². The molecule has 2 aromatic rings. The fourth-order valence-corrected chi connectivity index (χ4v) is 3.75. The van der Waals surface area contributed by atoms with Gasteiger partial charge in [-0.05, 0) is 63.4 Å². The lowest BCUT2D eigenvalue weighted by Gasteiger charge is -2.33. The van der Waals surface area contributed by atoms with Gasteiger partial charge in [-0.15, -0.1) is 0 Å². The molecule has 0 aromatic heterocycles. The van der Waals surface area contributed by atoms with Gasteiger partial charge in [0, 0.05) is 18.8 Å². The fourth-order valence-electron chi connectivity index (χ4n) is 3.50. The van der Waals surface area contributed by atoms with Crippen LogP contribution in [0.2, 0.25) is 0 Å². The van der Waals surface area contributed by atoms with Crippen molar-refractivity contribution in [3.63, 3.8) is 0 Å². The predicted octanol–water partition coefficient (Wildman–Crippen LogP) is 3.73. The second-order valence-corrected chi connectivity index (χ2v) is 9.52. The van der Waals surface area contributed by atoms with Crippen LogP contribution in [-0.4, -0.2) is 51.9 Å². The summed E-state index contributed by atoms with van der Waals surface area (Å²) in [6, 6.07) is 12.2. The lowest BCUT2D eigenvalue weighted by Crippen LogP contribution is -2.53. The van der Waals surface area contributed by atoms with E-state index in [2.05, 4.69) is 23.3 Å². The van der Waals surface area contributed by atoms with Gasteiger partial charge in [0.15, 0.2) is 0 Å². The summed E-state index contributed by atoms with van der Waals surface area (Å²) in [5, 5.41) is 15.5. The Balaban J connectivity index is 2.35. The quantitative estimate of drug-likeness (QED) is 0.392. The van der Waals surface area contributed by atoms with E-state index in [9.17, 15) is 19.5 Å². The molecule has 3 N–H and O–H groups in total. The zero-order valence-electron chi connectivity index (χ0n) is 20.9. The Morgan fingerprint density at radius 2 is 1.77 bits per heavy atom. The highest BCUT2D eigenvalue weighted by molar-refractivity contribution is 7.80. The van der Waals surface area contributed by atoms with Crippen molar-refractivity contribution in [2.24, 2.45) is 0 Å². The van der Waals surface area contributed by atoms with Crippen LogP contribution in [0.5, 0.6) is 5.75 Å². The third-order valence-corrected chi connectivity index (χ3v) is 5.57. The minimum atomic E-state index is -1.00. The Hall–Kier alpha value is -3.20. The van der Waals surface area contributed by atoms with Crippen LogP contribution in [0.4, 0.5) is 4.79 Å². The van der Waals surface area contributed by atoms with E-state index in [-0.39, 0.29) is 30.5 Å². The number of likely N-dealkylation sites (N-methyl/N-ethyl adjacent to an activating group) is 1. The smallest absolute Gasteiger partial charge is 0.408 e. The topological polar surface area (TPSA) is 108 Å². The molecule has 35 heavy (non-hydrogen) atoms. The Morgan fingerprint density at radius 3 is 2.31 bits per heavy atom. The number of benzene rings is 2. The first kappa shape index (κ1) is 28.0. The Bertz CT molecular complexity index is 1020. The number of thiol groups is 1. The molecular weight excluding hydrogens is 466 g/mol. The first-order valence-electron chi connectivity index (χ1n) is 11.5. The largest absolute Gasteiger partial charge is 0.508 e. The van der Waals surface area contributed by atoms with E-state index in [0.29, 0.717) is 11.1 Å². The van der Waals surface area contributed by atoms with Crippen molar-refractivity contribution >= 4 is 30.5 Å². The number of amides is 3. The summed E-state index contributed by atoms with van der Waals surface area (Å²) in [6.07, 6.45) is -0.744. The van der Waals surface area contributed by atoms with Gasteiger partial charge in [-0.3, -0.25) is 9.59 Å². The number of aromatic hydroxyl groups is 1. The maximum Gasteiger partial charge on any atom is 0.408 e. The predicted molar refractivity (Wildman–Crippen MR) is 138 cm³/mol. The maximum absolute atomic E-state index is 13.5. The Labute approximate surface area is 212 Å². The van der Waals surface area contributed by atoms with Gasteiger partial charge in [0.2, 0.25) is 11.8 Å². The van der Waals surface area contributed by atoms with Crippen molar-refractivity contribution < 1.29 is 24.2 Å². The van der Waals surface area contributed by atoms with Crippen molar-refractivity contribution in [1.29, 1.82) is 0 Å². The minimum Gasteiger partial charge on any atom is -0.508 e. The summed E-state index contributed by atoms with van der Waals surface area (Å²) in [5.41, 5.74) is 1.29. The molecule has 2 unspecified atom stereocenters. The standard InChI is InChI=1S/C26H35N3O5S/c1-6-29(24(32)20(16-35)28-25(33)34-26(3,4)5)22(19-12-13-21(30)17(2)14-19)23(31)27-15-18-10-8-7-9-11-18/h7-14,20,22,30,35H,6,15-16H2,1-5H3,(H,27,31)(H,28,33). The van der Waals surface area contributed by atoms with Crippen LogP contribution < -0.4 is 10.6 Å². The number of carbonyl (C=O) groups is 3. The maximum atomic E-state index is 13.5. The number of hydrogen-bond acceptors (Lipinski definition) is 6. The van der Waals surface area contributed by atoms with E-state index in [1.807, 2.05) is 30.3 Å². The highest BCUT2D eigenvalue weighted by Gasteiger charge is 2.35. The highest BCUT2D eigenvalue weighted by atomic mass is 32.1. The number of phenols is 1. The van der Waals surface area contributed by atoms with Crippen molar-refractivity contribution in [3.8, 4) is 5.75 Å². The summed E-state index contributed by atoms with van der Waals surface area (Å²) in [7, 11) is 0. The van der Waals surface area contributed by atoms with Gasteiger partial charge in [0.05, 0.1) is 0 Å². The first-order chi connectivity index (χ1) is 16.5. The van der Waals surface area contributed by atoms with E-state index in [1.54, 1.807) is 46.8 Å². The van der Waals surface area contributed by atoms with Crippen molar-refractivity contribution in [3.05, 3.63) is 65.2 Å². The molecular formula is C26H35N3O5S. The van der Waals surface area contributed by atoms with Crippen molar-refractivity contribution in [2.75, 3.05) is 12.3 Å². The Kier molecular flexibility index (Phi) is 10.0. The molecule has 0 bridgehead atoms. The highest BCUT2D eigenvalue weighted by Crippen LogP contribution is 2.27. The van der Waals surface area contributed by atoms with E-state index in [4.69, 9.17) is 4.74 Å². The molecule has 2 atom stereocenters. The van der Waals surface area contributed by atoms with Gasteiger partial charge in [-0.25, -0.2) is 4.79 Å². The molecule has 3 amide bonds. The van der Waals surface area contributed by atoms with Crippen LogP contribution >= 0.6 is 12.6 Å². The number of ether oxygens (including phenoxy) is 1. The molecule has 0 radical (unpaired) electrons. The van der Waals surface area contributed by atoms with Crippen LogP contribution in [0, 0.1) is 6.92 Å². The summed E-state index contributed by atoms with van der Waals surface area (Å²) in [4.78, 5) is 40.7. The number of carbonyl (C=O) groups excluding carboxylic acids is 3. The number of nitrogens with one attached hydrogen (secondary N) is 2. The number of alkyl carbamates (subject to hydrolysis) is 1. The molecule has 2 aromatic carbocycles. The second-order valence-electron chi connectivity index (χ2n) is 9.16. The average Bonchev–Trinajstić information content (AvgIpc) is 2.80. The molecule has 0 saturated carbocycles. The number of aryl methyl sites for hydroxylation is 1. The molecule has 0 aliphatic heterocycles. The molecule has 190 valence electrons. The number of nitrogens with zero attached hydrogens (tertiary/aromatic N) is 1. The summed E-state index contributed by atoms with van der Waals surface area (Å²) < 4.78 is 5.28. The van der Waals surface area contributed by atoms with Crippen LogP contribution in [0.1, 0.15) is 50.4 Å². The summed E-state index contributed by atoms with van der Waals surface area (Å²) in [5.74, 6) is -0.753. The molecule has 0 fully saturated rings. The minimum absolute atomic E-state index is 0.0154. The van der Waals surface area contributed by atoms with Crippen LogP contribution in [-0.2, 0) is 20.9 Å². The number of rotatable bonds is 9. The normalized spacial score (nSPS) is 12.9. The van der Waals surface area contributed by atoms with Crippen molar-refractivity contribution in [1.82, 2.24) is 15.5 Å². The number of phenolic OH excluding ortho intramolecular Hbond substituents is 1. The van der Waals surface area contributed by atoms with Crippen LogP contribution in [0.25, 0.3) is 0 Å². The van der Waals surface area contributed by atoms with Crippen molar-refractivity contribution in [2.45, 2.75) is 58.8 Å². The summed E-state index contributed by atoms with van der Waals surface area (Å²) >= 11 is 4.25. The molecule has 2 rings (SSSR count). The zero-order valence-corrected chi connectivity index (χ0v) is 21.8. The lowest BCUT2D eigenvalue weighted by molar-refractivity contribution is -0.141. The van der Waals surface area contributed by atoms with Gasteiger partial charge in [0.1, 0.15) is 23.4 Å². The first-order valence-corrected chi connectivity index (χ1v) is 12.1. The van der Waals surface area contributed by atoms with E-state index >= 15 is 0 Å². The molecule has 0 spiro atoms. The van der Waals surface area contributed by atoms with E-state index in [0.717, 1.165) is 5.56 Å². The van der Waals surface area contributed by atoms with Crippen LogP contribution in [0.3, 0.4) is 0 Å². The molecule has 9 heteroatoms. The Morgan fingerprint density at radius 1 is 1.11 bits per heavy atom. The zero-order chi connectivity index (χ0) is 26.2. The SMILES string of the molecule is CCN(C(=O)C(CS)NC(=O)OC(C)(C)C)C(C(=O)NCc1ccccc1)c1ccc(O)c(C)c1. The fraction of sp³-hybridized carbons (Fsp3) is 0.423. The molecule has 0 aliphatic rings. The molecule has 0 aliphatic carbocycles. The molecule has 0 heterocycles.